The Morgan fingerprint density at radius 3 is 2.54 bits per heavy atom. The van der Waals surface area contributed by atoms with Crippen LogP contribution in [0.5, 0.6) is 0 Å². The van der Waals surface area contributed by atoms with Gasteiger partial charge >= 0.3 is 0 Å². The molecule has 4 rings (SSSR count). The number of hydrogen-bond acceptors (Lipinski definition) is 4. The van der Waals surface area contributed by atoms with E-state index < -0.39 is 0 Å². The lowest BCUT2D eigenvalue weighted by Gasteiger charge is -2.12. The monoisotopic (exact) mass is 347 g/mol. The minimum atomic E-state index is 0.0183. The molecule has 26 heavy (non-hydrogen) atoms. The summed E-state index contributed by atoms with van der Waals surface area (Å²) in [5.41, 5.74) is 3.47. The fourth-order valence-electron chi connectivity index (χ4n) is 2.93. The summed E-state index contributed by atoms with van der Waals surface area (Å²) in [4.78, 5) is 27.2. The van der Waals surface area contributed by atoms with Crippen molar-refractivity contribution < 1.29 is 4.79 Å². The Bertz CT molecular complexity index is 911. The van der Waals surface area contributed by atoms with E-state index in [1.807, 2.05) is 24.4 Å². The van der Waals surface area contributed by atoms with E-state index in [9.17, 15) is 4.79 Å². The number of rotatable bonds is 5. The number of aromatic nitrogens is 4. The molecule has 1 saturated carbocycles. The van der Waals surface area contributed by atoms with Crippen LogP contribution in [0.4, 0.5) is 0 Å². The van der Waals surface area contributed by atoms with Gasteiger partial charge in [-0.3, -0.25) is 9.78 Å². The molecule has 1 aliphatic rings. The first-order chi connectivity index (χ1) is 12.6. The van der Waals surface area contributed by atoms with Crippen LogP contribution in [-0.4, -0.2) is 44.4 Å². The van der Waals surface area contributed by atoms with Gasteiger partial charge in [0.2, 0.25) is 0 Å². The number of carbonyl (C=O) groups excluding carboxylic acids is 1. The Balaban J connectivity index is 1.65. The van der Waals surface area contributed by atoms with Crippen LogP contribution in [0.15, 0.2) is 49.2 Å². The first-order valence-corrected chi connectivity index (χ1v) is 8.76. The molecule has 0 atom stereocenters. The van der Waals surface area contributed by atoms with Gasteiger partial charge in [0.25, 0.3) is 5.91 Å². The van der Waals surface area contributed by atoms with Crippen molar-refractivity contribution in [3.8, 4) is 22.5 Å². The molecule has 3 heterocycles. The van der Waals surface area contributed by atoms with Crippen LogP contribution in [0.3, 0.4) is 0 Å². The minimum absolute atomic E-state index is 0.0183. The SMILES string of the molecule is CN(C)C(=O)c1cc(-c2cnc(-c3cccnc3)nc2)cn1CC1CC1. The molecule has 0 aromatic carbocycles. The van der Waals surface area contributed by atoms with Gasteiger partial charge in [0.05, 0.1) is 0 Å². The molecular formula is C20H21N5O. The maximum Gasteiger partial charge on any atom is 0.269 e. The molecule has 0 N–H and O–H groups in total. The molecule has 132 valence electrons. The molecule has 0 saturated heterocycles. The summed E-state index contributed by atoms with van der Waals surface area (Å²) in [6, 6.07) is 5.73. The molecule has 3 aromatic heterocycles. The van der Waals surface area contributed by atoms with Crippen molar-refractivity contribution in [2.75, 3.05) is 14.1 Å². The fraction of sp³-hybridized carbons (Fsp3) is 0.300. The molecule has 0 spiro atoms. The summed E-state index contributed by atoms with van der Waals surface area (Å²) >= 11 is 0. The molecule has 0 aliphatic heterocycles. The van der Waals surface area contributed by atoms with E-state index in [0.29, 0.717) is 17.4 Å². The number of hydrogen-bond donors (Lipinski definition) is 0. The van der Waals surface area contributed by atoms with E-state index >= 15 is 0 Å². The zero-order valence-electron chi connectivity index (χ0n) is 15.0. The standard InChI is InChI=1S/C20H21N5O/c1-24(2)20(26)18-8-16(13-25(18)12-14-5-6-14)17-10-22-19(23-11-17)15-4-3-7-21-9-15/h3-4,7-11,13-14H,5-6,12H2,1-2H3. The molecule has 0 bridgehead atoms. The molecular weight excluding hydrogens is 326 g/mol. The van der Waals surface area contributed by atoms with Crippen LogP contribution < -0.4 is 0 Å². The van der Waals surface area contributed by atoms with Crippen LogP contribution in [0.25, 0.3) is 22.5 Å². The van der Waals surface area contributed by atoms with E-state index in [1.165, 1.54) is 12.8 Å². The Morgan fingerprint density at radius 1 is 1.15 bits per heavy atom. The highest BCUT2D eigenvalue weighted by molar-refractivity contribution is 5.94. The van der Waals surface area contributed by atoms with Gasteiger partial charge < -0.3 is 9.47 Å². The van der Waals surface area contributed by atoms with Crippen molar-refractivity contribution in [1.29, 1.82) is 0 Å². The molecule has 0 radical (unpaired) electrons. The number of pyridine rings is 1. The third-order valence-electron chi connectivity index (χ3n) is 4.58. The van der Waals surface area contributed by atoms with Crippen LogP contribution in [0, 0.1) is 5.92 Å². The van der Waals surface area contributed by atoms with Crippen molar-refractivity contribution in [3.63, 3.8) is 0 Å². The Kier molecular flexibility index (Phi) is 4.24. The predicted molar refractivity (Wildman–Crippen MR) is 99.4 cm³/mol. The van der Waals surface area contributed by atoms with Gasteiger partial charge in [-0.25, -0.2) is 9.97 Å². The first kappa shape index (κ1) is 16.4. The Morgan fingerprint density at radius 2 is 1.92 bits per heavy atom. The van der Waals surface area contributed by atoms with Crippen molar-refractivity contribution in [3.05, 3.63) is 54.9 Å². The summed E-state index contributed by atoms with van der Waals surface area (Å²) in [6.45, 7) is 0.892. The van der Waals surface area contributed by atoms with Crippen LogP contribution in [0.1, 0.15) is 23.3 Å². The maximum atomic E-state index is 12.5. The molecule has 1 fully saturated rings. The van der Waals surface area contributed by atoms with E-state index in [4.69, 9.17) is 0 Å². The quantitative estimate of drug-likeness (QED) is 0.711. The summed E-state index contributed by atoms with van der Waals surface area (Å²) in [5.74, 6) is 1.35. The highest BCUT2D eigenvalue weighted by Gasteiger charge is 2.25. The second-order valence-corrected chi connectivity index (χ2v) is 6.95. The molecule has 6 heteroatoms. The third kappa shape index (κ3) is 3.35. The highest BCUT2D eigenvalue weighted by atomic mass is 16.2. The predicted octanol–water partition coefficient (Wildman–Crippen LogP) is 3.12. The van der Waals surface area contributed by atoms with Gasteiger partial charge in [-0.15, -0.1) is 0 Å². The second-order valence-electron chi connectivity index (χ2n) is 6.95. The van der Waals surface area contributed by atoms with Gasteiger partial charge in [-0.2, -0.15) is 0 Å². The van der Waals surface area contributed by atoms with Crippen LogP contribution >= 0.6 is 0 Å². The molecule has 1 aliphatic carbocycles. The molecule has 1 amide bonds. The Labute approximate surface area is 152 Å². The van der Waals surface area contributed by atoms with Gasteiger partial charge in [-0.1, -0.05) is 0 Å². The van der Waals surface area contributed by atoms with E-state index in [-0.39, 0.29) is 5.91 Å². The summed E-state index contributed by atoms with van der Waals surface area (Å²) < 4.78 is 2.07. The average Bonchev–Trinajstić information content (AvgIpc) is 3.39. The second kappa shape index (κ2) is 6.71. The Hall–Kier alpha value is -3.02. The summed E-state index contributed by atoms with van der Waals surface area (Å²) in [5, 5.41) is 0. The highest BCUT2D eigenvalue weighted by Crippen LogP contribution is 2.32. The van der Waals surface area contributed by atoms with Gasteiger partial charge in [0.1, 0.15) is 5.69 Å². The van der Waals surface area contributed by atoms with Crippen LogP contribution in [-0.2, 0) is 6.54 Å². The average molecular weight is 347 g/mol. The van der Waals surface area contributed by atoms with Crippen molar-refractivity contribution in [2.24, 2.45) is 5.92 Å². The zero-order valence-corrected chi connectivity index (χ0v) is 15.0. The molecule has 0 unspecified atom stereocenters. The zero-order chi connectivity index (χ0) is 18.1. The minimum Gasteiger partial charge on any atom is -0.343 e. The smallest absolute Gasteiger partial charge is 0.269 e. The van der Waals surface area contributed by atoms with E-state index in [0.717, 1.165) is 23.2 Å². The molecule has 6 nitrogen and oxygen atoms in total. The topological polar surface area (TPSA) is 63.9 Å². The lowest BCUT2D eigenvalue weighted by Crippen LogP contribution is -2.24. The van der Waals surface area contributed by atoms with Gasteiger partial charge in [0.15, 0.2) is 5.82 Å². The largest absolute Gasteiger partial charge is 0.343 e. The van der Waals surface area contributed by atoms with E-state index in [1.54, 1.807) is 43.8 Å². The summed E-state index contributed by atoms with van der Waals surface area (Å²) in [6.07, 6.45) is 11.6. The van der Waals surface area contributed by atoms with Gasteiger partial charge in [-0.05, 0) is 37.0 Å². The van der Waals surface area contributed by atoms with Crippen molar-refractivity contribution in [2.45, 2.75) is 19.4 Å². The molecule has 3 aromatic rings. The lowest BCUT2D eigenvalue weighted by atomic mass is 10.1. The third-order valence-corrected chi connectivity index (χ3v) is 4.58. The maximum absolute atomic E-state index is 12.5. The number of amides is 1. The lowest BCUT2D eigenvalue weighted by molar-refractivity contribution is 0.0816. The van der Waals surface area contributed by atoms with Gasteiger partial charge in [0, 0.05) is 68.3 Å². The van der Waals surface area contributed by atoms with Crippen LogP contribution in [0.2, 0.25) is 0 Å². The van der Waals surface area contributed by atoms with E-state index in [2.05, 4.69) is 19.5 Å². The summed E-state index contributed by atoms with van der Waals surface area (Å²) in [7, 11) is 3.56. The number of nitrogens with zero attached hydrogens (tertiary/aromatic N) is 5. The normalized spacial score (nSPS) is 13.6. The number of carbonyl (C=O) groups is 1. The van der Waals surface area contributed by atoms with Crippen molar-refractivity contribution in [1.82, 2.24) is 24.4 Å². The first-order valence-electron chi connectivity index (χ1n) is 8.76. The van der Waals surface area contributed by atoms with Crippen molar-refractivity contribution >= 4 is 5.91 Å². The fourth-order valence-corrected chi connectivity index (χ4v) is 2.93.